The van der Waals surface area contributed by atoms with E-state index in [1.165, 1.54) is 4.90 Å². The van der Waals surface area contributed by atoms with Gasteiger partial charge >= 0.3 is 0 Å². The summed E-state index contributed by atoms with van der Waals surface area (Å²) in [6.45, 7) is 6.50. The lowest BCUT2D eigenvalue weighted by molar-refractivity contribution is -0.144. The number of benzene rings is 1. The first-order valence-corrected chi connectivity index (χ1v) is 12.8. The molecule has 6 atom stereocenters. The van der Waals surface area contributed by atoms with Crippen LogP contribution >= 0.6 is 0 Å². The van der Waals surface area contributed by atoms with Gasteiger partial charge in [0.15, 0.2) is 0 Å². The number of fused-ring (bicyclic) bond motifs is 1. The molecule has 4 rings (SSSR count). The maximum absolute atomic E-state index is 13.7. The predicted molar refractivity (Wildman–Crippen MR) is 130 cm³/mol. The van der Waals surface area contributed by atoms with Gasteiger partial charge in [0.1, 0.15) is 17.4 Å². The van der Waals surface area contributed by atoms with Crippen molar-refractivity contribution in [3.63, 3.8) is 0 Å². The van der Waals surface area contributed by atoms with Crippen LogP contribution < -0.4 is 15.4 Å². The minimum atomic E-state index is -1.05. The number of anilines is 1. The highest BCUT2D eigenvalue weighted by atomic mass is 16.5. The van der Waals surface area contributed by atoms with Gasteiger partial charge in [0.25, 0.3) is 0 Å². The van der Waals surface area contributed by atoms with E-state index in [2.05, 4.69) is 17.6 Å². The van der Waals surface area contributed by atoms with Gasteiger partial charge in [0.2, 0.25) is 17.7 Å². The third kappa shape index (κ3) is 4.51. The zero-order valence-electron chi connectivity index (χ0n) is 20.8. The van der Waals surface area contributed by atoms with Crippen LogP contribution in [0.1, 0.15) is 52.9 Å². The SMILES string of the molecule is CCCCCNC(=O)C1N([C@H](C)CO)C(=O)[C@@H]2[C@H](C(=O)Nc3ccc(OCC)cc3)[C@@H]3CCC12O3. The number of likely N-dealkylation sites (tertiary alicyclic amines) is 1. The van der Waals surface area contributed by atoms with Crippen molar-refractivity contribution < 1.29 is 29.0 Å². The van der Waals surface area contributed by atoms with Gasteiger partial charge in [-0.05, 0) is 57.4 Å². The maximum Gasteiger partial charge on any atom is 0.245 e. The van der Waals surface area contributed by atoms with E-state index in [4.69, 9.17) is 9.47 Å². The molecular weight excluding hydrogens is 450 g/mol. The van der Waals surface area contributed by atoms with Gasteiger partial charge in [0.05, 0.1) is 37.2 Å². The van der Waals surface area contributed by atoms with Crippen LogP contribution in [0.15, 0.2) is 24.3 Å². The highest BCUT2D eigenvalue weighted by Gasteiger charge is 2.74. The van der Waals surface area contributed by atoms with E-state index in [-0.39, 0.29) is 24.3 Å². The number of unbranched alkanes of at least 4 members (excludes halogenated alkanes) is 2. The smallest absolute Gasteiger partial charge is 0.245 e. The molecular formula is C26H37N3O6. The number of nitrogens with zero attached hydrogens (tertiary/aromatic N) is 1. The fourth-order valence-electron chi connectivity index (χ4n) is 5.96. The Balaban J connectivity index is 1.57. The summed E-state index contributed by atoms with van der Waals surface area (Å²) >= 11 is 0. The molecule has 1 aromatic carbocycles. The number of carbonyl (C=O) groups excluding carboxylic acids is 3. The average molecular weight is 488 g/mol. The monoisotopic (exact) mass is 487 g/mol. The minimum Gasteiger partial charge on any atom is -0.494 e. The van der Waals surface area contributed by atoms with Crippen LogP contribution in [0.4, 0.5) is 5.69 Å². The zero-order valence-corrected chi connectivity index (χ0v) is 20.8. The second kappa shape index (κ2) is 10.5. The van der Waals surface area contributed by atoms with Gasteiger partial charge in [-0.1, -0.05) is 19.8 Å². The van der Waals surface area contributed by atoms with Gasteiger partial charge in [-0.25, -0.2) is 0 Å². The number of amides is 3. The molecule has 0 saturated carbocycles. The molecule has 3 saturated heterocycles. The van der Waals surface area contributed by atoms with Gasteiger partial charge in [-0.15, -0.1) is 0 Å². The number of aliphatic hydroxyl groups is 1. The summed E-state index contributed by atoms with van der Waals surface area (Å²) < 4.78 is 11.8. The molecule has 0 aliphatic carbocycles. The van der Waals surface area contributed by atoms with E-state index in [1.54, 1.807) is 31.2 Å². The topological polar surface area (TPSA) is 117 Å². The zero-order chi connectivity index (χ0) is 25.2. The van der Waals surface area contributed by atoms with E-state index < -0.39 is 35.6 Å². The molecule has 0 radical (unpaired) electrons. The van der Waals surface area contributed by atoms with Crippen LogP contribution in [0.3, 0.4) is 0 Å². The molecule has 3 aliphatic rings. The van der Waals surface area contributed by atoms with Crippen LogP contribution in [-0.4, -0.2) is 71.3 Å². The number of rotatable bonds is 11. The number of carbonyl (C=O) groups is 3. The van der Waals surface area contributed by atoms with E-state index in [1.807, 2.05) is 6.92 Å². The number of hydrogen-bond donors (Lipinski definition) is 3. The summed E-state index contributed by atoms with van der Waals surface area (Å²) in [7, 11) is 0. The highest BCUT2D eigenvalue weighted by molar-refractivity contribution is 6.02. The van der Waals surface area contributed by atoms with E-state index in [9.17, 15) is 19.5 Å². The molecule has 35 heavy (non-hydrogen) atoms. The Bertz CT molecular complexity index is 938. The Labute approximate surface area is 206 Å². The molecule has 3 amide bonds. The van der Waals surface area contributed by atoms with Gasteiger partial charge in [0, 0.05) is 12.2 Å². The molecule has 2 unspecified atom stereocenters. The first-order valence-electron chi connectivity index (χ1n) is 12.8. The van der Waals surface area contributed by atoms with Gasteiger partial charge in [-0.3, -0.25) is 14.4 Å². The minimum absolute atomic E-state index is 0.273. The maximum atomic E-state index is 13.7. The van der Waals surface area contributed by atoms with Crippen molar-refractivity contribution in [1.82, 2.24) is 10.2 Å². The fraction of sp³-hybridized carbons (Fsp3) is 0.654. The molecule has 1 spiro atoms. The van der Waals surface area contributed by atoms with Crippen molar-refractivity contribution in [2.24, 2.45) is 11.8 Å². The summed E-state index contributed by atoms with van der Waals surface area (Å²) in [4.78, 5) is 42.0. The van der Waals surface area contributed by atoms with Crippen molar-refractivity contribution >= 4 is 23.4 Å². The Hall–Kier alpha value is -2.65. The third-order valence-corrected chi connectivity index (χ3v) is 7.54. The second-order valence-corrected chi connectivity index (χ2v) is 9.78. The molecule has 9 heteroatoms. The van der Waals surface area contributed by atoms with Crippen molar-refractivity contribution in [3.8, 4) is 5.75 Å². The second-order valence-electron chi connectivity index (χ2n) is 9.78. The molecule has 9 nitrogen and oxygen atoms in total. The number of hydrogen-bond acceptors (Lipinski definition) is 6. The van der Waals surface area contributed by atoms with Crippen molar-refractivity contribution in [1.29, 1.82) is 0 Å². The Morgan fingerprint density at radius 2 is 1.97 bits per heavy atom. The molecule has 2 bridgehead atoms. The summed E-state index contributed by atoms with van der Waals surface area (Å²) in [5.74, 6) is -1.61. The average Bonchev–Trinajstić information content (AvgIpc) is 3.50. The Kier molecular flexibility index (Phi) is 7.66. The van der Waals surface area contributed by atoms with Crippen LogP contribution in [0.2, 0.25) is 0 Å². The number of ether oxygens (including phenoxy) is 2. The first-order chi connectivity index (χ1) is 16.9. The van der Waals surface area contributed by atoms with Crippen molar-refractivity contribution in [3.05, 3.63) is 24.3 Å². The first kappa shape index (κ1) is 25.4. The predicted octanol–water partition coefficient (Wildman–Crippen LogP) is 2.09. The quantitative estimate of drug-likeness (QED) is 0.412. The highest BCUT2D eigenvalue weighted by Crippen LogP contribution is 2.58. The summed E-state index contributed by atoms with van der Waals surface area (Å²) in [6.07, 6.45) is 3.60. The summed E-state index contributed by atoms with van der Waals surface area (Å²) in [5, 5.41) is 15.8. The molecule has 3 aliphatic heterocycles. The van der Waals surface area contributed by atoms with Gasteiger partial charge in [-0.2, -0.15) is 0 Å². The van der Waals surface area contributed by atoms with Crippen LogP contribution in [0.5, 0.6) is 5.75 Å². The largest absolute Gasteiger partial charge is 0.494 e. The molecule has 192 valence electrons. The molecule has 3 N–H and O–H groups in total. The number of nitrogens with one attached hydrogen (secondary N) is 2. The van der Waals surface area contributed by atoms with Gasteiger partial charge < -0.3 is 30.1 Å². The van der Waals surface area contributed by atoms with E-state index in [0.29, 0.717) is 37.4 Å². The molecule has 0 aromatic heterocycles. The van der Waals surface area contributed by atoms with Crippen molar-refractivity contribution in [2.45, 2.75) is 76.7 Å². The summed E-state index contributed by atoms with van der Waals surface area (Å²) in [6, 6.07) is 5.65. The standard InChI is InChI=1S/C26H37N3O6/c1-4-6-7-14-27-24(32)22-26-13-12-19(35-26)20(21(26)25(33)29(22)16(3)15-30)23(31)28-17-8-10-18(11-9-17)34-5-2/h8-11,16,19-22,30H,4-7,12-15H2,1-3H3,(H,27,32)(H,28,31)/t16-,19+,20-,21+,22?,26?/m1/s1. The number of aliphatic hydroxyl groups excluding tert-OH is 1. The molecule has 1 aromatic rings. The molecule has 3 heterocycles. The van der Waals surface area contributed by atoms with Crippen LogP contribution in [0, 0.1) is 11.8 Å². The lowest BCUT2D eigenvalue weighted by atomic mass is 9.70. The van der Waals surface area contributed by atoms with E-state index >= 15 is 0 Å². The normalized spacial score (nSPS) is 29.7. The lowest BCUT2D eigenvalue weighted by Crippen LogP contribution is -2.57. The van der Waals surface area contributed by atoms with E-state index in [0.717, 1.165) is 19.3 Å². The fourth-order valence-corrected chi connectivity index (χ4v) is 5.96. The third-order valence-electron chi connectivity index (χ3n) is 7.54. The Morgan fingerprint density at radius 3 is 2.63 bits per heavy atom. The summed E-state index contributed by atoms with van der Waals surface area (Å²) in [5.41, 5.74) is -0.451. The van der Waals surface area contributed by atoms with Crippen molar-refractivity contribution in [2.75, 3.05) is 25.1 Å². The molecule has 3 fully saturated rings. The lowest BCUT2D eigenvalue weighted by Gasteiger charge is -2.35. The van der Waals surface area contributed by atoms with Crippen LogP contribution in [0.25, 0.3) is 0 Å². The van der Waals surface area contributed by atoms with Crippen LogP contribution in [-0.2, 0) is 19.1 Å². The Morgan fingerprint density at radius 1 is 1.23 bits per heavy atom.